The van der Waals surface area contributed by atoms with E-state index >= 15 is 0 Å². The zero-order valence-corrected chi connectivity index (χ0v) is 15.2. The number of hydrogen-bond donors (Lipinski definition) is 1. The highest BCUT2D eigenvalue weighted by Gasteiger charge is 2.14. The standard InChI is InChI=1S/C20H21FN2O4/c1-13(2)11-25-20(23-19(24)15-4-3-5-16(21)9-15)22-10-14-6-7-17-18(8-14)27-12-26-17/h3-9,13H,10-12H2,1-2H3,(H,22,23,24). The minimum atomic E-state index is -0.484. The number of nitrogens with one attached hydrogen (secondary N) is 1. The van der Waals surface area contributed by atoms with Crippen LogP contribution in [0.3, 0.4) is 0 Å². The Hall–Kier alpha value is -3.09. The first kappa shape index (κ1) is 18.7. The second-order valence-corrected chi connectivity index (χ2v) is 6.48. The van der Waals surface area contributed by atoms with Gasteiger partial charge in [0.1, 0.15) is 5.82 Å². The number of amides is 1. The molecule has 1 heterocycles. The summed E-state index contributed by atoms with van der Waals surface area (Å²) in [5.74, 6) is 0.647. The molecule has 1 aliphatic rings. The fourth-order valence-electron chi connectivity index (χ4n) is 2.37. The van der Waals surface area contributed by atoms with Crippen molar-refractivity contribution in [1.29, 1.82) is 0 Å². The fourth-order valence-corrected chi connectivity index (χ4v) is 2.37. The van der Waals surface area contributed by atoms with Crippen LogP contribution in [0.4, 0.5) is 4.39 Å². The van der Waals surface area contributed by atoms with Crippen LogP contribution < -0.4 is 14.8 Å². The van der Waals surface area contributed by atoms with Crippen LogP contribution in [0.25, 0.3) is 0 Å². The van der Waals surface area contributed by atoms with Gasteiger partial charge < -0.3 is 14.2 Å². The number of nitrogens with zero attached hydrogens (tertiary/aromatic N) is 1. The lowest BCUT2D eigenvalue weighted by Crippen LogP contribution is -2.33. The van der Waals surface area contributed by atoms with Crippen molar-refractivity contribution in [3.05, 3.63) is 59.4 Å². The summed E-state index contributed by atoms with van der Waals surface area (Å²) in [5, 5.41) is 2.60. The van der Waals surface area contributed by atoms with Crippen molar-refractivity contribution in [1.82, 2.24) is 5.32 Å². The first-order valence-corrected chi connectivity index (χ1v) is 8.64. The summed E-state index contributed by atoms with van der Waals surface area (Å²) in [6.07, 6.45) is 0. The van der Waals surface area contributed by atoms with Crippen molar-refractivity contribution >= 4 is 11.9 Å². The molecule has 3 rings (SSSR count). The largest absolute Gasteiger partial charge is 0.465 e. The minimum absolute atomic E-state index is 0.0932. The van der Waals surface area contributed by atoms with Gasteiger partial charge in [-0.1, -0.05) is 26.0 Å². The summed E-state index contributed by atoms with van der Waals surface area (Å²) in [6.45, 7) is 4.86. The van der Waals surface area contributed by atoms with Gasteiger partial charge in [-0.3, -0.25) is 10.1 Å². The number of rotatable bonds is 5. The lowest BCUT2D eigenvalue weighted by Gasteiger charge is -2.12. The number of hydrogen-bond acceptors (Lipinski definition) is 5. The third-order valence-electron chi connectivity index (χ3n) is 3.70. The summed E-state index contributed by atoms with van der Waals surface area (Å²) in [6, 6.07) is 11.0. The predicted molar refractivity (Wildman–Crippen MR) is 98.4 cm³/mol. The van der Waals surface area contributed by atoms with E-state index in [1.54, 1.807) is 0 Å². The number of benzene rings is 2. The highest BCUT2D eigenvalue weighted by Crippen LogP contribution is 2.32. The van der Waals surface area contributed by atoms with Gasteiger partial charge in [0.2, 0.25) is 6.79 Å². The molecular weight excluding hydrogens is 351 g/mol. The molecule has 0 bridgehead atoms. The first-order valence-electron chi connectivity index (χ1n) is 8.64. The van der Waals surface area contributed by atoms with E-state index in [-0.39, 0.29) is 30.8 Å². The summed E-state index contributed by atoms with van der Waals surface area (Å²) < 4.78 is 29.6. The van der Waals surface area contributed by atoms with Crippen LogP contribution in [0.15, 0.2) is 47.5 Å². The Morgan fingerprint density at radius 1 is 1.22 bits per heavy atom. The molecule has 2 aromatic carbocycles. The zero-order valence-electron chi connectivity index (χ0n) is 15.2. The molecule has 27 heavy (non-hydrogen) atoms. The van der Waals surface area contributed by atoms with E-state index in [1.807, 2.05) is 32.0 Å². The first-order chi connectivity index (χ1) is 13.0. The molecule has 1 amide bonds. The van der Waals surface area contributed by atoms with Crippen LogP contribution in [0.5, 0.6) is 11.5 Å². The molecular formula is C20H21FN2O4. The molecule has 1 aliphatic heterocycles. The Balaban J connectivity index is 1.71. The molecule has 0 saturated carbocycles. The van der Waals surface area contributed by atoms with Crippen molar-refractivity contribution in [2.75, 3.05) is 13.4 Å². The molecule has 0 fully saturated rings. The van der Waals surface area contributed by atoms with Crippen LogP contribution in [0, 0.1) is 11.7 Å². The monoisotopic (exact) mass is 372 g/mol. The Bertz CT molecular complexity index is 852. The van der Waals surface area contributed by atoms with Crippen LogP contribution in [-0.2, 0) is 11.3 Å². The van der Waals surface area contributed by atoms with Crippen molar-refractivity contribution in [3.63, 3.8) is 0 Å². The highest BCUT2D eigenvalue weighted by atomic mass is 19.1. The second kappa shape index (κ2) is 8.53. The van der Waals surface area contributed by atoms with Crippen molar-refractivity contribution in [2.24, 2.45) is 10.9 Å². The molecule has 142 valence electrons. The number of amidine groups is 1. The van der Waals surface area contributed by atoms with E-state index in [2.05, 4.69) is 10.3 Å². The predicted octanol–water partition coefficient (Wildman–Crippen LogP) is 3.51. The number of ether oxygens (including phenoxy) is 3. The highest BCUT2D eigenvalue weighted by molar-refractivity contribution is 6.04. The number of fused-ring (bicyclic) bond motifs is 1. The Morgan fingerprint density at radius 3 is 2.81 bits per heavy atom. The lowest BCUT2D eigenvalue weighted by atomic mass is 10.2. The van der Waals surface area contributed by atoms with Crippen LogP contribution in [0.2, 0.25) is 0 Å². The Labute approximate surface area is 157 Å². The average Bonchev–Trinajstić information content (AvgIpc) is 3.11. The maximum absolute atomic E-state index is 13.3. The third kappa shape index (κ3) is 5.20. The van der Waals surface area contributed by atoms with Gasteiger partial charge >= 0.3 is 0 Å². The second-order valence-electron chi connectivity index (χ2n) is 6.48. The van der Waals surface area contributed by atoms with Gasteiger partial charge in [0.05, 0.1) is 13.2 Å². The van der Waals surface area contributed by atoms with Gasteiger partial charge in [0.15, 0.2) is 11.5 Å². The maximum atomic E-state index is 13.3. The molecule has 2 aromatic rings. The topological polar surface area (TPSA) is 69.2 Å². The van der Waals surface area contributed by atoms with E-state index < -0.39 is 11.7 Å². The molecule has 0 radical (unpaired) electrons. The van der Waals surface area contributed by atoms with E-state index in [1.165, 1.54) is 18.2 Å². The van der Waals surface area contributed by atoms with Gasteiger partial charge in [-0.25, -0.2) is 9.38 Å². The van der Waals surface area contributed by atoms with Crippen molar-refractivity contribution < 1.29 is 23.4 Å². The molecule has 0 atom stereocenters. The molecule has 0 aromatic heterocycles. The van der Waals surface area contributed by atoms with Gasteiger partial charge in [0, 0.05) is 5.56 Å². The van der Waals surface area contributed by atoms with Gasteiger partial charge in [0.25, 0.3) is 11.9 Å². The number of halogens is 1. The van der Waals surface area contributed by atoms with E-state index in [0.717, 1.165) is 11.6 Å². The Kier molecular flexibility index (Phi) is 5.90. The zero-order chi connectivity index (χ0) is 19.2. The summed E-state index contributed by atoms with van der Waals surface area (Å²) in [7, 11) is 0. The number of carbonyl (C=O) groups is 1. The van der Waals surface area contributed by atoms with Gasteiger partial charge in [-0.05, 0) is 41.8 Å². The summed E-state index contributed by atoms with van der Waals surface area (Å²) in [4.78, 5) is 16.7. The van der Waals surface area contributed by atoms with Gasteiger partial charge in [-0.15, -0.1) is 0 Å². The SMILES string of the molecule is CC(C)COC(=NCc1ccc2c(c1)OCO2)NC(=O)c1cccc(F)c1. The maximum Gasteiger partial charge on any atom is 0.292 e. The molecule has 0 unspecified atom stereocenters. The van der Waals surface area contributed by atoms with E-state index in [4.69, 9.17) is 14.2 Å². The van der Waals surface area contributed by atoms with E-state index in [9.17, 15) is 9.18 Å². The number of carbonyl (C=O) groups excluding carboxylic acids is 1. The third-order valence-corrected chi connectivity index (χ3v) is 3.70. The number of aliphatic imine (C=N–C) groups is 1. The molecule has 0 saturated heterocycles. The lowest BCUT2D eigenvalue weighted by molar-refractivity contribution is 0.0962. The van der Waals surface area contributed by atoms with Gasteiger partial charge in [-0.2, -0.15) is 0 Å². The van der Waals surface area contributed by atoms with E-state index in [0.29, 0.717) is 18.1 Å². The quantitative estimate of drug-likeness (QED) is 0.644. The average molecular weight is 372 g/mol. The summed E-state index contributed by atoms with van der Waals surface area (Å²) in [5.41, 5.74) is 1.07. The molecule has 0 aliphatic carbocycles. The molecule has 7 heteroatoms. The van der Waals surface area contributed by atoms with Crippen molar-refractivity contribution in [3.8, 4) is 11.5 Å². The smallest absolute Gasteiger partial charge is 0.292 e. The molecule has 0 spiro atoms. The Morgan fingerprint density at radius 2 is 2.04 bits per heavy atom. The molecule has 1 N–H and O–H groups in total. The molecule has 6 nitrogen and oxygen atoms in total. The van der Waals surface area contributed by atoms with Crippen molar-refractivity contribution in [2.45, 2.75) is 20.4 Å². The van der Waals surface area contributed by atoms with Crippen LogP contribution >= 0.6 is 0 Å². The van der Waals surface area contributed by atoms with Crippen LogP contribution in [0.1, 0.15) is 29.8 Å². The fraction of sp³-hybridized carbons (Fsp3) is 0.300. The minimum Gasteiger partial charge on any atom is -0.465 e. The van der Waals surface area contributed by atoms with Crippen LogP contribution in [-0.4, -0.2) is 25.3 Å². The summed E-state index contributed by atoms with van der Waals surface area (Å²) >= 11 is 0. The normalized spacial score (nSPS) is 13.0.